The molecule has 0 spiro atoms. The van der Waals surface area contributed by atoms with Gasteiger partial charge in [-0.1, -0.05) is 55.1 Å². The van der Waals surface area contributed by atoms with E-state index < -0.39 is 0 Å². The van der Waals surface area contributed by atoms with E-state index in [1.807, 2.05) is 48.5 Å². The van der Waals surface area contributed by atoms with Crippen molar-refractivity contribution < 1.29 is 9.21 Å². The van der Waals surface area contributed by atoms with Gasteiger partial charge in [0.25, 0.3) is 0 Å². The lowest BCUT2D eigenvalue weighted by Crippen LogP contribution is -2.22. The van der Waals surface area contributed by atoms with Crippen molar-refractivity contribution in [3.63, 3.8) is 0 Å². The van der Waals surface area contributed by atoms with Crippen molar-refractivity contribution in [2.75, 3.05) is 5.32 Å². The zero-order chi connectivity index (χ0) is 18.4. The highest BCUT2D eigenvalue weighted by Crippen LogP contribution is 2.48. The molecule has 0 amide bonds. The van der Waals surface area contributed by atoms with Gasteiger partial charge >= 0.3 is 0 Å². The average Bonchev–Trinajstić information content (AvgIpc) is 3.21. The van der Waals surface area contributed by atoms with Gasteiger partial charge in [-0.2, -0.15) is 0 Å². The van der Waals surface area contributed by atoms with Crippen LogP contribution in [0.3, 0.4) is 0 Å². The summed E-state index contributed by atoms with van der Waals surface area (Å²) in [5, 5.41) is 4.26. The molecule has 1 saturated carbocycles. The van der Waals surface area contributed by atoms with Crippen LogP contribution in [0.25, 0.3) is 22.5 Å². The number of benzene rings is 2. The summed E-state index contributed by atoms with van der Waals surface area (Å²) >= 11 is 6.04. The van der Waals surface area contributed by atoms with E-state index in [0.29, 0.717) is 22.4 Å². The molecule has 27 heavy (non-hydrogen) atoms. The first-order valence-electron chi connectivity index (χ1n) is 9.56. The maximum absolute atomic E-state index is 13.1. The van der Waals surface area contributed by atoms with Crippen LogP contribution in [0.15, 0.2) is 52.9 Å². The lowest BCUT2D eigenvalue weighted by molar-refractivity contribution is 0.104. The van der Waals surface area contributed by atoms with E-state index in [1.54, 1.807) is 0 Å². The van der Waals surface area contributed by atoms with Crippen molar-refractivity contribution in [2.24, 2.45) is 0 Å². The highest BCUT2D eigenvalue weighted by atomic mass is 35.5. The monoisotopic (exact) mass is 377 g/mol. The standard InChI is InChI=1S/C23H20ClNO2/c24-15-12-10-14(11-13-15)22-20-19(17-8-4-5-9-18(17)21(20)26)23(27-22)25-16-6-2-1-3-7-16/h4-5,8-13,16,25H,1-3,6-7H2. The number of carbonyl (C=O) groups is 1. The van der Waals surface area contributed by atoms with Crippen LogP contribution in [0.2, 0.25) is 5.02 Å². The zero-order valence-electron chi connectivity index (χ0n) is 14.9. The number of ketones is 1. The van der Waals surface area contributed by atoms with Gasteiger partial charge < -0.3 is 9.73 Å². The lowest BCUT2D eigenvalue weighted by Gasteiger charge is -2.23. The van der Waals surface area contributed by atoms with E-state index in [0.717, 1.165) is 41.0 Å². The number of furan rings is 1. The molecule has 0 radical (unpaired) electrons. The summed E-state index contributed by atoms with van der Waals surface area (Å²) in [4.78, 5) is 13.1. The van der Waals surface area contributed by atoms with Crippen LogP contribution in [0, 0.1) is 0 Å². The Bertz CT molecular complexity index is 1010. The van der Waals surface area contributed by atoms with E-state index in [9.17, 15) is 4.79 Å². The number of anilines is 1. The first-order chi connectivity index (χ1) is 13.2. The predicted octanol–water partition coefficient (Wildman–Crippen LogP) is 6.56. The van der Waals surface area contributed by atoms with E-state index >= 15 is 0 Å². The fourth-order valence-corrected chi connectivity index (χ4v) is 4.40. The molecule has 1 N–H and O–H groups in total. The van der Waals surface area contributed by atoms with E-state index in [-0.39, 0.29) is 5.78 Å². The largest absolute Gasteiger partial charge is 0.439 e. The second kappa shape index (κ2) is 6.58. The van der Waals surface area contributed by atoms with Crippen molar-refractivity contribution in [3.05, 3.63) is 64.7 Å². The minimum absolute atomic E-state index is 0.0333. The fraction of sp³-hybridized carbons (Fsp3) is 0.261. The molecule has 0 bridgehead atoms. The zero-order valence-corrected chi connectivity index (χ0v) is 15.7. The molecule has 136 valence electrons. The predicted molar refractivity (Wildman–Crippen MR) is 109 cm³/mol. The molecule has 0 unspecified atom stereocenters. The second-order valence-electron chi connectivity index (χ2n) is 7.37. The normalized spacial score (nSPS) is 16.3. The summed E-state index contributed by atoms with van der Waals surface area (Å²) in [5.41, 5.74) is 4.15. The summed E-state index contributed by atoms with van der Waals surface area (Å²) in [5.74, 6) is 1.38. The van der Waals surface area contributed by atoms with Gasteiger partial charge in [0.15, 0.2) is 5.78 Å². The van der Waals surface area contributed by atoms with Crippen molar-refractivity contribution in [1.29, 1.82) is 0 Å². The summed E-state index contributed by atoms with van der Waals surface area (Å²) < 4.78 is 6.27. The fourth-order valence-electron chi connectivity index (χ4n) is 4.28. The first kappa shape index (κ1) is 16.6. The van der Waals surface area contributed by atoms with Crippen LogP contribution in [-0.2, 0) is 0 Å². The molecule has 0 atom stereocenters. The van der Waals surface area contributed by atoms with Crippen LogP contribution in [-0.4, -0.2) is 11.8 Å². The Hall–Kier alpha value is -2.52. The number of hydrogen-bond acceptors (Lipinski definition) is 3. The van der Waals surface area contributed by atoms with Gasteiger partial charge in [-0.05, 0) is 42.7 Å². The van der Waals surface area contributed by atoms with Gasteiger partial charge in [0.05, 0.1) is 11.1 Å². The van der Waals surface area contributed by atoms with Crippen molar-refractivity contribution in [2.45, 2.75) is 38.1 Å². The lowest BCUT2D eigenvalue weighted by atomic mass is 9.95. The molecular weight excluding hydrogens is 358 g/mol. The third kappa shape index (κ3) is 2.78. The molecule has 1 aromatic heterocycles. The first-order valence-corrected chi connectivity index (χ1v) is 9.93. The third-order valence-corrected chi connectivity index (χ3v) is 5.88. The Kier molecular flexibility index (Phi) is 4.05. The minimum atomic E-state index is 0.0333. The van der Waals surface area contributed by atoms with Crippen molar-refractivity contribution >= 4 is 23.3 Å². The highest BCUT2D eigenvalue weighted by Gasteiger charge is 2.36. The molecule has 2 aromatic carbocycles. The second-order valence-corrected chi connectivity index (χ2v) is 7.81. The molecule has 2 aliphatic carbocycles. The smallest absolute Gasteiger partial charge is 0.202 e. The Morgan fingerprint density at radius 2 is 1.59 bits per heavy atom. The van der Waals surface area contributed by atoms with Crippen LogP contribution >= 0.6 is 11.6 Å². The number of fused-ring (bicyclic) bond motifs is 3. The SMILES string of the molecule is O=C1c2ccccc2-c2c(NC3CCCCC3)oc(-c3ccc(Cl)cc3)c21. The van der Waals surface area contributed by atoms with Gasteiger partial charge in [0.1, 0.15) is 5.76 Å². The maximum atomic E-state index is 13.1. The number of rotatable bonds is 3. The van der Waals surface area contributed by atoms with Crippen LogP contribution in [0.5, 0.6) is 0 Å². The molecule has 4 heteroatoms. The van der Waals surface area contributed by atoms with Crippen molar-refractivity contribution in [3.8, 4) is 22.5 Å². The number of nitrogens with one attached hydrogen (secondary N) is 1. The van der Waals surface area contributed by atoms with Crippen LogP contribution < -0.4 is 5.32 Å². The van der Waals surface area contributed by atoms with Gasteiger partial charge in [-0.3, -0.25) is 4.79 Å². The van der Waals surface area contributed by atoms with E-state index in [2.05, 4.69) is 5.32 Å². The van der Waals surface area contributed by atoms with Crippen LogP contribution in [0.1, 0.15) is 48.0 Å². The Morgan fingerprint density at radius 1 is 0.889 bits per heavy atom. The van der Waals surface area contributed by atoms with Gasteiger partial charge in [-0.25, -0.2) is 0 Å². The van der Waals surface area contributed by atoms with Gasteiger partial charge in [0, 0.05) is 22.2 Å². The summed E-state index contributed by atoms with van der Waals surface area (Å²) in [7, 11) is 0. The molecular formula is C23H20ClNO2. The van der Waals surface area contributed by atoms with Crippen molar-refractivity contribution in [1.82, 2.24) is 0 Å². The molecule has 0 aliphatic heterocycles. The quantitative estimate of drug-likeness (QED) is 0.439. The average molecular weight is 378 g/mol. The Morgan fingerprint density at radius 3 is 2.33 bits per heavy atom. The van der Waals surface area contributed by atoms with Crippen LogP contribution in [0.4, 0.5) is 5.88 Å². The summed E-state index contributed by atoms with van der Waals surface area (Å²) in [6.07, 6.45) is 6.05. The summed E-state index contributed by atoms with van der Waals surface area (Å²) in [6.45, 7) is 0. The topological polar surface area (TPSA) is 42.2 Å². The van der Waals surface area contributed by atoms with Gasteiger partial charge in [-0.15, -0.1) is 0 Å². The molecule has 3 nitrogen and oxygen atoms in total. The molecule has 3 aromatic rings. The Balaban J connectivity index is 1.66. The van der Waals surface area contributed by atoms with E-state index in [1.165, 1.54) is 19.3 Å². The van der Waals surface area contributed by atoms with Gasteiger partial charge in [0.2, 0.25) is 5.88 Å². The number of carbonyl (C=O) groups excluding carboxylic acids is 1. The minimum Gasteiger partial charge on any atom is -0.439 e. The third-order valence-electron chi connectivity index (χ3n) is 5.62. The highest BCUT2D eigenvalue weighted by molar-refractivity contribution is 6.30. The molecule has 0 saturated heterocycles. The molecule has 1 heterocycles. The number of halogens is 1. The Labute approximate surface area is 163 Å². The summed E-state index contributed by atoms with van der Waals surface area (Å²) in [6, 6.07) is 15.6. The van der Waals surface area contributed by atoms with E-state index in [4.69, 9.17) is 16.0 Å². The molecule has 5 rings (SSSR count). The maximum Gasteiger partial charge on any atom is 0.202 e. The molecule has 2 aliphatic rings. The molecule has 1 fully saturated rings. The number of hydrogen-bond donors (Lipinski definition) is 1.